The number of amides is 1. The number of imidazole rings is 1. The predicted molar refractivity (Wildman–Crippen MR) is 137 cm³/mol. The van der Waals surface area contributed by atoms with Crippen molar-refractivity contribution in [1.29, 1.82) is 0 Å². The third-order valence-corrected chi connectivity index (χ3v) is 7.30. The van der Waals surface area contributed by atoms with Crippen LogP contribution < -0.4 is 9.64 Å². The number of ether oxygens (including phenoxy) is 1. The highest BCUT2D eigenvalue weighted by Gasteiger charge is 2.40. The number of pyridine rings is 1. The molecule has 208 valence electrons. The van der Waals surface area contributed by atoms with E-state index >= 15 is 0 Å². The molecular formula is C28H24F5N5O2. The molecule has 1 unspecified atom stereocenters. The normalized spacial score (nSPS) is 19.0. The van der Waals surface area contributed by atoms with Crippen molar-refractivity contribution in [1.82, 2.24) is 19.4 Å². The zero-order valence-electron chi connectivity index (χ0n) is 21.1. The SMILES string of the molecule is O=C(c1ccc2c(c1)nc(N1CCC(F)(F)C1)n2-c1ccc(OC(F)(F)F)cc1)N1CCC(c2cccnc2)C1. The molecule has 6 rings (SSSR count). The van der Waals surface area contributed by atoms with E-state index in [1.807, 2.05) is 18.3 Å². The molecule has 1 atom stereocenters. The number of fused-ring (bicyclic) bond motifs is 1. The molecule has 2 saturated heterocycles. The average Bonchev–Trinajstić information content (AvgIpc) is 3.65. The smallest absolute Gasteiger partial charge is 0.406 e. The second-order valence-corrected chi connectivity index (χ2v) is 10.0. The molecule has 12 heteroatoms. The Morgan fingerprint density at radius 3 is 2.52 bits per heavy atom. The van der Waals surface area contributed by atoms with Crippen molar-refractivity contribution < 1.29 is 31.5 Å². The van der Waals surface area contributed by atoms with Crippen molar-refractivity contribution in [2.45, 2.75) is 31.0 Å². The van der Waals surface area contributed by atoms with Gasteiger partial charge in [-0.2, -0.15) is 0 Å². The Morgan fingerprint density at radius 2 is 1.85 bits per heavy atom. The summed E-state index contributed by atoms with van der Waals surface area (Å²) in [6.07, 6.45) is -0.854. The molecule has 0 radical (unpaired) electrons. The second kappa shape index (κ2) is 9.76. The van der Waals surface area contributed by atoms with Crippen LogP contribution in [0.3, 0.4) is 0 Å². The highest BCUT2D eigenvalue weighted by molar-refractivity contribution is 5.98. The number of alkyl halides is 5. The Balaban J connectivity index is 1.33. The van der Waals surface area contributed by atoms with Gasteiger partial charge in [-0.05, 0) is 60.5 Å². The molecule has 4 heterocycles. The molecular weight excluding hydrogens is 533 g/mol. The summed E-state index contributed by atoms with van der Waals surface area (Å²) in [5, 5.41) is 0. The molecule has 2 aliphatic heterocycles. The van der Waals surface area contributed by atoms with Gasteiger partial charge in [0.25, 0.3) is 11.8 Å². The topological polar surface area (TPSA) is 63.5 Å². The zero-order valence-corrected chi connectivity index (χ0v) is 21.1. The number of hydrogen-bond donors (Lipinski definition) is 0. The Morgan fingerprint density at radius 1 is 1.05 bits per heavy atom. The monoisotopic (exact) mass is 557 g/mol. The van der Waals surface area contributed by atoms with Crippen LogP contribution in [0.2, 0.25) is 0 Å². The number of anilines is 1. The van der Waals surface area contributed by atoms with E-state index in [4.69, 9.17) is 0 Å². The van der Waals surface area contributed by atoms with Gasteiger partial charge in [0, 0.05) is 55.6 Å². The van der Waals surface area contributed by atoms with Crippen molar-refractivity contribution in [2.24, 2.45) is 0 Å². The molecule has 40 heavy (non-hydrogen) atoms. The van der Waals surface area contributed by atoms with Crippen molar-refractivity contribution in [2.75, 3.05) is 31.1 Å². The Labute approximate surface area is 225 Å². The summed E-state index contributed by atoms with van der Waals surface area (Å²) in [6, 6.07) is 14.0. The number of carbonyl (C=O) groups is 1. The lowest BCUT2D eigenvalue weighted by Crippen LogP contribution is -2.28. The van der Waals surface area contributed by atoms with Crippen LogP contribution in [0.25, 0.3) is 16.7 Å². The van der Waals surface area contributed by atoms with E-state index in [9.17, 15) is 26.7 Å². The Bertz CT molecular complexity index is 1540. The first-order valence-corrected chi connectivity index (χ1v) is 12.8. The van der Waals surface area contributed by atoms with Crippen LogP contribution in [0.1, 0.15) is 34.7 Å². The van der Waals surface area contributed by atoms with Gasteiger partial charge in [-0.15, -0.1) is 13.2 Å². The van der Waals surface area contributed by atoms with Crippen molar-refractivity contribution in [3.8, 4) is 11.4 Å². The summed E-state index contributed by atoms with van der Waals surface area (Å²) < 4.78 is 71.7. The molecule has 2 aromatic carbocycles. The fourth-order valence-corrected chi connectivity index (χ4v) is 5.39. The maximum absolute atomic E-state index is 14.1. The number of rotatable bonds is 5. The van der Waals surface area contributed by atoms with E-state index in [2.05, 4.69) is 14.7 Å². The number of likely N-dealkylation sites (tertiary alicyclic amines) is 1. The second-order valence-electron chi connectivity index (χ2n) is 10.0. The fourth-order valence-electron chi connectivity index (χ4n) is 5.39. The fraction of sp³-hybridized carbons (Fsp3) is 0.321. The van der Waals surface area contributed by atoms with Crippen LogP contribution in [0.4, 0.5) is 27.9 Å². The van der Waals surface area contributed by atoms with Gasteiger partial charge >= 0.3 is 6.36 Å². The number of halogens is 5. The summed E-state index contributed by atoms with van der Waals surface area (Å²) in [7, 11) is 0. The molecule has 4 aromatic rings. The lowest BCUT2D eigenvalue weighted by atomic mass is 10.0. The number of carbonyl (C=O) groups excluding carboxylic acids is 1. The van der Waals surface area contributed by atoms with Crippen LogP contribution in [0.15, 0.2) is 67.0 Å². The summed E-state index contributed by atoms with van der Waals surface area (Å²) in [4.78, 5) is 25.4. The number of benzene rings is 2. The average molecular weight is 558 g/mol. The van der Waals surface area contributed by atoms with Gasteiger partial charge in [0.1, 0.15) is 5.75 Å². The third-order valence-electron chi connectivity index (χ3n) is 7.30. The Kier molecular flexibility index (Phi) is 6.35. The summed E-state index contributed by atoms with van der Waals surface area (Å²) in [6.45, 7) is 0.657. The molecule has 2 aromatic heterocycles. The minimum atomic E-state index is -4.84. The minimum Gasteiger partial charge on any atom is -0.406 e. The van der Waals surface area contributed by atoms with Gasteiger partial charge in [-0.1, -0.05) is 6.07 Å². The first-order valence-electron chi connectivity index (χ1n) is 12.8. The quantitative estimate of drug-likeness (QED) is 0.291. The van der Waals surface area contributed by atoms with Crippen LogP contribution >= 0.6 is 0 Å². The molecule has 0 bridgehead atoms. The first kappa shape index (κ1) is 26.0. The Hall–Kier alpha value is -4.22. The molecule has 0 aliphatic carbocycles. The molecule has 2 fully saturated rings. The van der Waals surface area contributed by atoms with Crippen LogP contribution in [-0.2, 0) is 0 Å². The van der Waals surface area contributed by atoms with Crippen LogP contribution in [0.5, 0.6) is 5.75 Å². The van der Waals surface area contributed by atoms with Gasteiger partial charge in [0.2, 0.25) is 5.95 Å². The molecule has 1 amide bonds. The van der Waals surface area contributed by atoms with Gasteiger partial charge in [0.05, 0.1) is 17.6 Å². The number of nitrogens with zero attached hydrogens (tertiary/aromatic N) is 5. The lowest BCUT2D eigenvalue weighted by Gasteiger charge is -2.19. The molecule has 2 aliphatic rings. The van der Waals surface area contributed by atoms with Crippen molar-refractivity contribution in [3.63, 3.8) is 0 Å². The summed E-state index contributed by atoms with van der Waals surface area (Å²) in [5.74, 6) is -3.05. The van der Waals surface area contributed by atoms with Crippen molar-refractivity contribution in [3.05, 3.63) is 78.1 Å². The predicted octanol–water partition coefficient (Wildman–Crippen LogP) is 5.79. The van der Waals surface area contributed by atoms with Crippen LogP contribution in [0, 0.1) is 0 Å². The number of hydrogen-bond acceptors (Lipinski definition) is 5. The zero-order chi connectivity index (χ0) is 28.1. The van der Waals surface area contributed by atoms with Gasteiger partial charge in [-0.25, -0.2) is 13.8 Å². The van der Waals surface area contributed by atoms with Crippen LogP contribution in [-0.4, -0.2) is 63.8 Å². The number of aromatic nitrogens is 3. The van der Waals surface area contributed by atoms with E-state index in [-0.39, 0.29) is 30.7 Å². The van der Waals surface area contributed by atoms with E-state index in [1.165, 1.54) is 17.0 Å². The third kappa shape index (κ3) is 5.17. The van der Waals surface area contributed by atoms with E-state index in [1.54, 1.807) is 33.9 Å². The maximum atomic E-state index is 14.1. The van der Waals surface area contributed by atoms with E-state index in [0.717, 1.165) is 24.1 Å². The maximum Gasteiger partial charge on any atom is 0.573 e. The summed E-state index contributed by atoms with van der Waals surface area (Å²) in [5.41, 5.74) is 2.85. The lowest BCUT2D eigenvalue weighted by molar-refractivity contribution is -0.274. The van der Waals surface area contributed by atoms with E-state index in [0.29, 0.717) is 35.4 Å². The molecule has 7 nitrogen and oxygen atoms in total. The minimum absolute atomic E-state index is 0.0564. The molecule has 0 saturated carbocycles. The van der Waals surface area contributed by atoms with Gasteiger partial charge in [-0.3, -0.25) is 14.3 Å². The molecule has 0 spiro atoms. The van der Waals surface area contributed by atoms with E-state index < -0.39 is 24.6 Å². The summed E-state index contributed by atoms with van der Waals surface area (Å²) >= 11 is 0. The molecule has 0 N–H and O–H groups in total. The standard InChI is InChI=1S/C28H24F5N5O2/c29-27(30)10-13-37(17-27)26-35-23-14-18(25(39)36-12-9-20(16-36)19-2-1-11-34-15-19)3-8-24(23)38(26)21-4-6-22(7-5-21)40-28(31,32)33/h1-8,11,14-15,20H,9-10,12-13,16-17H2. The van der Waals surface area contributed by atoms with Gasteiger partial charge in [0.15, 0.2) is 0 Å². The highest BCUT2D eigenvalue weighted by atomic mass is 19.4. The highest BCUT2D eigenvalue weighted by Crippen LogP contribution is 2.36. The van der Waals surface area contributed by atoms with Crippen molar-refractivity contribution >= 4 is 22.9 Å². The first-order chi connectivity index (χ1) is 19.1. The van der Waals surface area contributed by atoms with Gasteiger partial charge < -0.3 is 14.5 Å². The largest absolute Gasteiger partial charge is 0.573 e.